The number of alkyl halides is 6. The standard InChI is InChI=1S/C30H35Cl2F6N3O3/c1-43-39-28(18-44-17-19-12-21(29(33,34)35)15-22(13-19)30(36,37)38)25(20-2-3-26(31)27(32)14-20)7-10-40-8-4-23(5-9-40)41-11-6-24(42)16-41/h2-3,12-15,23-25,42H,4-11,16-18H2,1H3/b39-28+. The molecule has 44 heavy (non-hydrogen) atoms. The Morgan fingerprint density at radius 1 is 0.955 bits per heavy atom. The van der Waals surface area contributed by atoms with Gasteiger partial charge in [-0.25, -0.2) is 0 Å². The van der Waals surface area contributed by atoms with E-state index in [0.29, 0.717) is 53.4 Å². The fourth-order valence-corrected chi connectivity index (χ4v) is 6.16. The Balaban J connectivity index is 1.46. The molecule has 2 atom stereocenters. The van der Waals surface area contributed by atoms with Crippen LogP contribution in [0, 0.1) is 0 Å². The predicted octanol–water partition coefficient (Wildman–Crippen LogP) is 7.25. The maximum Gasteiger partial charge on any atom is 0.416 e. The first-order valence-electron chi connectivity index (χ1n) is 14.3. The fraction of sp³-hybridized carbons (Fsp3) is 0.567. The average molecular weight is 671 g/mol. The molecule has 1 N–H and O–H groups in total. The molecule has 0 bridgehead atoms. The molecule has 0 spiro atoms. The van der Waals surface area contributed by atoms with Crippen LogP contribution in [-0.2, 0) is 28.5 Å². The fourth-order valence-electron chi connectivity index (χ4n) is 5.86. The van der Waals surface area contributed by atoms with Gasteiger partial charge in [0.25, 0.3) is 0 Å². The Morgan fingerprint density at radius 2 is 1.61 bits per heavy atom. The molecule has 6 nitrogen and oxygen atoms in total. The molecule has 0 radical (unpaired) electrons. The summed E-state index contributed by atoms with van der Waals surface area (Å²) in [5.74, 6) is -0.386. The number of hydrogen-bond donors (Lipinski definition) is 1. The lowest BCUT2D eigenvalue weighted by Crippen LogP contribution is -2.44. The van der Waals surface area contributed by atoms with Crippen molar-refractivity contribution in [3.8, 4) is 0 Å². The molecular formula is C30H35Cl2F6N3O3. The van der Waals surface area contributed by atoms with Gasteiger partial charge in [-0.05, 0) is 86.8 Å². The largest absolute Gasteiger partial charge is 0.416 e. The maximum atomic E-state index is 13.3. The average Bonchev–Trinajstić information content (AvgIpc) is 3.40. The van der Waals surface area contributed by atoms with E-state index in [1.165, 1.54) is 7.11 Å². The molecule has 2 aliphatic heterocycles. The zero-order chi connectivity index (χ0) is 32.1. The van der Waals surface area contributed by atoms with Crippen molar-refractivity contribution in [1.29, 1.82) is 0 Å². The molecule has 2 aromatic rings. The number of halogens is 8. The number of aliphatic hydroxyl groups excluding tert-OH is 1. The second-order valence-electron chi connectivity index (χ2n) is 11.2. The number of piperidine rings is 1. The molecule has 244 valence electrons. The molecule has 0 amide bonds. The van der Waals surface area contributed by atoms with Crippen LogP contribution in [-0.4, -0.2) is 79.2 Å². The number of benzene rings is 2. The van der Waals surface area contributed by atoms with E-state index >= 15 is 0 Å². The first kappa shape index (κ1) is 34.8. The highest BCUT2D eigenvalue weighted by molar-refractivity contribution is 6.42. The summed E-state index contributed by atoms with van der Waals surface area (Å²) in [6.07, 6.45) is -6.86. The molecule has 2 saturated heterocycles. The molecule has 4 rings (SSSR count). The summed E-state index contributed by atoms with van der Waals surface area (Å²) < 4.78 is 85.5. The predicted molar refractivity (Wildman–Crippen MR) is 156 cm³/mol. The first-order chi connectivity index (χ1) is 20.7. The van der Waals surface area contributed by atoms with Gasteiger partial charge in [0, 0.05) is 25.0 Å². The minimum Gasteiger partial charge on any atom is -0.399 e. The topological polar surface area (TPSA) is 57.5 Å². The van der Waals surface area contributed by atoms with E-state index in [9.17, 15) is 31.4 Å². The maximum absolute atomic E-state index is 13.3. The van der Waals surface area contributed by atoms with Crippen LogP contribution in [0.2, 0.25) is 10.0 Å². The second kappa shape index (κ2) is 15.0. The molecule has 2 unspecified atom stereocenters. The van der Waals surface area contributed by atoms with Crippen molar-refractivity contribution >= 4 is 28.9 Å². The molecule has 0 aromatic heterocycles. The van der Waals surface area contributed by atoms with Crippen molar-refractivity contribution in [2.45, 2.75) is 62.7 Å². The third kappa shape index (κ3) is 9.46. The van der Waals surface area contributed by atoms with E-state index in [1.54, 1.807) is 18.2 Å². The Bertz CT molecular complexity index is 1250. The van der Waals surface area contributed by atoms with Crippen molar-refractivity contribution < 1.29 is 41.0 Å². The number of oxime groups is 1. The number of likely N-dealkylation sites (tertiary alicyclic amines) is 2. The number of rotatable bonds is 11. The molecule has 0 aliphatic carbocycles. The SMILES string of the molecule is CO/N=C(\COCc1cc(C(F)(F)F)cc(C(F)(F)F)c1)C(CCN1CCC(N2CCC(O)C2)CC1)c1ccc(Cl)c(Cl)c1. The number of ether oxygens (including phenoxy) is 1. The summed E-state index contributed by atoms with van der Waals surface area (Å²) >= 11 is 12.5. The molecule has 2 fully saturated rings. The quantitative estimate of drug-likeness (QED) is 0.155. The van der Waals surface area contributed by atoms with Crippen molar-refractivity contribution in [2.75, 3.05) is 46.4 Å². The van der Waals surface area contributed by atoms with Crippen LogP contribution < -0.4 is 0 Å². The lowest BCUT2D eigenvalue weighted by molar-refractivity contribution is -0.143. The lowest BCUT2D eigenvalue weighted by Gasteiger charge is -2.37. The first-order valence-corrected chi connectivity index (χ1v) is 15.1. The van der Waals surface area contributed by atoms with Gasteiger partial charge in [-0.3, -0.25) is 4.90 Å². The van der Waals surface area contributed by atoms with Crippen LogP contribution in [0.1, 0.15) is 53.9 Å². The van der Waals surface area contributed by atoms with Crippen LogP contribution >= 0.6 is 23.2 Å². The third-order valence-electron chi connectivity index (χ3n) is 8.13. The minimum absolute atomic E-state index is 0.0823. The zero-order valence-corrected chi connectivity index (χ0v) is 25.6. The van der Waals surface area contributed by atoms with Crippen molar-refractivity contribution in [3.63, 3.8) is 0 Å². The Hall–Kier alpha value is -2.09. The van der Waals surface area contributed by atoms with Gasteiger partial charge in [0.1, 0.15) is 7.11 Å². The van der Waals surface area contributed by atoms with Crippen LogP contribution in [0.5, 0.6) is 0 Å². The van der Waals surface area contributed by atoms with E-state index in [-0.39, 0.29) is 30.3 Å². The number of aliphatic hydroxyl groups is 1. The molecule has 14 heteroatoms. The highest BCUT2D eigenvalue weighted by Crippen LogP contribution is 2.37. The monoisotopic (exact) mass is 669 g/mol. The number of β-amino-alcohol motifs (C(OH)–C–C–N with tert-alkyl or cyclic N) is 1. The highest BCUT2D eigenvalue weighted by atomic mass is 35.5. The van der Waals surface area contributed by atoms with Gasteiger partial charge < -0.3 is 19.6 Å². The van der Waals surface area contributed by atoms with E-state index in [2.05, 4.69) is 15.0 Å². The van der Waals surface area contributed by atoms with Crippen LogP contribution in [0.15, 0.2) is 41.6 Å². The van der Waals surface area contributed by atoms with Gasteiger partial charge in [-0.1, -0.05) is 34.4 Å². The van der Waals surface area contributed by atoms with Gasteiger partial charge in [-0.2, -0.15) is 26.3 Å². The van der Waals surface area contributed by atoms with E-state index in [1.807, 2.05) is 0 Å². The van der Waals surface area contributed by atoms with Gasteiger partial charge in [-0.15, -0.1) is 0 Å². The van der Waals surface area contributed by atoms with Gasteiger partial charge in [0.05, 0.1) is 46.2 Å². The van der Waals surface area contributed by atoms with Crippen LogP contribution in [0.4, 0.5) is 26.3 Å². The van der Waals surface area contributed by atoms with E-state index < -0.39 is 30.1 Å². The van der Waals surface area contributed by atoms with Gasteiger partial charge >= 0.3 is 12.4 Å². The zero-order valence-electron chi connectivity index (χ0n) is 24.1. The number of nitrogens with zero attached hydrogens (tertiary/aromatic N) is 3. The third-order valence-corrected chi connectivity index (χ3v) is 8.86. The summed E-state index contributed by atoms with van der Waals surface area (Å²) in [6.45, 7) is 3.31. The van der Waals surface area contributed by atoms with Gasteiger partial charge in [0.2, 0.25) is 0 Å². The summed E-state index contributed by atoms with van der Waals surface area (Å²) in [5, 5.41) is 14.7. The minimum atomic E-state index is -4.96. The molecule has 2 heterocycles. The van der Waals surface area contributed by atoms with Gasteiger partial charge in [0.15, 0.2) is 0 Å². The molecular weight excluding hydrogens is 635 g/mol. The molecule has 0 saturated carbocycles. The lowest BCUT2D eigenvalue weighted by atomic mass is 9.90. The summed E-state index contributed by atoms with van der Waals surface area (Å²) in [5.41, 5.74) is -1.93. The van der Waals surface area contributed by atoms with Crippen LogP contribution in [0.3, 0.4) is 0 Å². The molecule has 2 aliphatic rings. The number of hydrogen-bond acceptors (Lipinski definition) is 6. The van der Waals surface area contributed by atoms with Crippen molar-refractivity contribution in [2.24, 2.45) is 5.16 Å². The summed E-state index contributed by atoms with van der Waals surface area (Å²) in [4.78, 5) is 9.76. The Labute approximate surface area is 262 Å². The van der Waals surface area contributed by atoms with Crippen molar-refractivity contribution in [1.82, 2.24) is 9.80 Å². The van der Waals surface area contributed by atoms with Crippen molar-refractivity contribution in [3.05, 3.63) is 68.7 Å². The normalized spacial score (nSPS) is 20.3. The highest BCUT2D eigenvalue weighted by Gasteiger charge is 2.37. The van der Waals surface area contributed by atoms with E-state index in [4.69, 9.17) is 32.8 Å². The Morgan fingerprint density at radius 3 is 2.16 bits per heavy atom. The second-order valence-corrected chi connectivity index (χ2v) is 12.0. The molecule has 2 aromatic carbocycles. The Kier molecular flexibility index (Phi) is 11.9. The summed E-state index contributed by atoms with van der Waals surface area (Å²) in [7, 11) is 1.34. The van der Waals surface area contributed by atoms with E-state index in [0.717, 1.165) is 44.5 Å². The summed E-state index contributed by atoms with van der Waals surface area (Å²) in [6, 6.07) is 6.94. The smallest absolute Gasteiger partial charge is 0.399 e. The van der Waals surface area contributed by atoms with Crippen LogP contribution in [0.25, 0.3) is 0 Å².